The van der Waals surface area contributed by atoms with Gasteiger partial charge in [-0.05, 0) is 52.2 Å². The lowest BCUT2D eigenvalue weighted by atomic mass is 10.2. The Morgan fingerprint density at radius 2 is 2.00 bits per heavy atom. The third kappa shape index (κ3) is 4.87. The van der Waals surface area contributed by atoms with E-state index in [1.807, 2.05) is 49.9 Å². The molecule has 1 N–H and O–H groups in total. The maximum atomic E-state index is 12.2. The topological polar surface area (TPSA) is 63.1 Å². The highest BCUT2D eigenvalue weighted by atomic mass is 35.5. The van der Waals surface area contributed by atoms with Crippen LogP contribution < -0.4 is 5.32 Å². The Labute approximate surface area is 163 Å². The number of thioether (sulfide) groups is 1. The molecule has 26 heavy (non-hydrogen) atoms. The van der Waals surface area contributed by atoms with E-state index in [1.54, 1.807) is 6.08 Å². The fourth-order valence-electron chi connectivity index (χ4n) is 2.22. The number of amides is 1. The maximum absolute atomic E-state index is 12.2. The van der Waals surface area contributed by atoms with E-state index in [-0.39, 0.29) is 17.2 Å². The van der Waals surface area contributed by atoms with Gasteiger partial charge in [-0.1, -0.05) is 29.4 Å². The number of benzene rings is 1. The van der Waals surface area contributed by atoms with E-state index in [2.05, 4.69) is 33.9 Å². The molecule has 1 aromatic carbocycles. The average Bonchev–Trinajstić information content (AvgIpc) is 3.02. The molecule has 2 aromatic rings. The van der Waals surface area contributed by atoms with E-state index in [0.29, 0.717) is 16.7 Å². The molecule has 1 aromatic heterocycles. The predicted molar refractivity (Wildman–Crippen MR) is 107 cm³/mol. The summed E-state index contributed by atoms with van der Waals surface area (Å²) in [6, 6.07) is 7.55. The third-order valence-corrected chi connectivity index (χ3v) is 5.26. The maximum Gasteiger partial charge on any atom is 0.233 e. The first-order valence-electron chi connectivity index (χ1n) is 8.28. The Morgan fingerprint density at radius 3 is 2.58 bits per heavy atom. The fourth-order valence-corrected chi connectivity index (χ4v) is 3.24. The quantitative estimate of drug-likeness (QED) is 0.550. The minimum absolute atomic E-state index is 0.0532. The standard InChI is InChI=1S/C18H24ClN5OS/c1-6-11-20-17(25)13(3)26-18-22-21-16(12(2)23(4)5)24(18)15-9-7-14(19)8-10-15/h6-10,12-13H,1,11H2,2-5H3,(H,20,25)/t12-,13+/m1/s1. The van der Waals surface area contributed by atoms with Crippen molar-refractivity contribution in [1.29, 1.82) is 0 Å². The van der Waals surface area contributed by atoms with Crippen LogP contribution in [-0.2, 0) is 4.79 Å². The van der Waals surface area contributed by atoms with Crippen molar-refractivity contribution >= 4 is 29.3 Å². The van der Waals surface area contributed by atoms with Crippen LogP contribution in [0.15, 0.2) is 42.1 Å². The smallest absolute Gasteiger partial charge is 0.233 e. The lowest BCUT2D eigenvalue weighted by molar-refractivity contribution is -0.120. The summed E-state index contributed by atoms with van der Waals surface area (Å²) in [4.78, 5) is 14.2. The molecule has 6 nitrogen and oxygen atoms in total. The number of nitrogens with zero attached hydrogens (tertiary/aromatic N) is 4. The molecule has 0 unspecified atom stereocenters. The zero-order valence-corrected chi connectivity index (χ0v) is 17.0. The summed E-state index contributed by atoms with van der Waals surface area (Å²) in [7, 11) is 3.98. The predicted octanol–water partition coefficient (Wildman–Crippen LogP) is 3.33. The average molecular weight is 394 g/mol. The van der Waals surface area contributed by atoms with Gasteiger partial charge in [0.05, 0.1) is 11.3 Å². The molecule has 0 radical (unpaired) electrons. The van der Waals surface area contributed by atoms with Crippen molar-refractivity contribution in [3.8, 4) is 5.69 Å². The lowest BCUT2D eigenvalue weighted by Gasteiger charge is -2.21. The second-order valence-electron chi connectivity index (χ2n) is 6.09. The van der Waals surface area contributed by atoms with E-state index in [1.165, 1.54) is 11.8 Å². The third-order valence-electron chi connectivity index (χ3n) is 3.96. The monoisotopic (exact) mass is 393 g/mol. The van der Waals surface area contributed by atoms with Gasteiger partial charge in [0.1, 0.15) is 0 Å². The number of carbonyl (C=O) groups is 1. The van der Waals surface area contributed by atoms with Crippen LogP contribution in [0.4, 0.5) is 0 Å². The Hall–Kier alpha value is -1.83. The molecule has 0 aliphatic carbocycles. The highest BCUT2D eigenvalue weighted by molar-refractivity contribution is 8.00. The Balaban J connectivity index is 2.38. The van der Waals surface area contributed by atoms with Crippen molar-refractivity contribution in [2.75, 3.05) is 20.6 Å². The molecule has 0 saturated heterocycles. The van der Waals surface area contributed by atoms with E-state index in [0.717, 1.165) is 11.5 Å². The fraction of sp³-hybridized carbons (Fsp3) is 0.389. The largest absolute Gasteiger partial charge is 0.352 e. The molecule has 1 heterocycles. The molecule has 0 fully saturated rings. The van der Waals surface area contributed by atoms with Crippen molar-refractivity contribution in [2.45, 2.75) is 30.3 Å². The SMILES string of the molecule is C=CCNC(=O)[C@H](C)Sc1nnc([C@@H](C)N(C)C)n1-c1ccc(Cl)cc1. The lowest BCUT2D eigenvalue weighted by Crippen LogP contribution is -2.31. The second-order valence-corrected chi connectivity index (χ2v) is 7.83. The summed E-state index contributed by atoms with van der Waals surface area (Å²) in [5.74, 6) is 0.737. The van der Waals surface area contributed by atoms with Gasteiger partial charge >= 0.3 is 0 Å². The molecular weight excluding hydrogens is 370 g/mol. The Kier molecular flexibility index (Phi) is 7.25. The van der Waals surface area contributed by atoms with E-state index in [4.69, 9.17) is 11.6 Å². The first-order valence-corrected chi connectivity index (χ1v) is 9.53. The second kappa shape index (κ2) is 9.21. The number of nitrogens with one attached hydrogen (secondary N) is 1. The molecule has 0 bridgehead atoms. The van der Waals surface area contributed by atoms with Crippen LogP contribution in [0, 0.1) is 0 Å². The van der Waals surface area contributed by atoms with E-state index in [9.17, 15) is 4.79 Å². The summed E-state index contributed by atoms with van der Waals surface area (Å²) < 4.78 is 1.98. The van der Waals surface area contributed by atoms with Gasteiger partial charge in [-0.2, -0.15) is 0 Å². The van der Waals surface area contributed by atoms with Crippen LogP contribution >= 0.6 is 23.4 Å². The normalized spacial score (nSPS) is 13.5. The van der Waals surface area contributed by atoms with E-state index >= 15 is 0 Å². The van der Waals surface area contributed by atoms with Crippen molar-refractivity contribution in [2.24, 2.45) is 0 Å². The molecule has 8 heteroatoms. The minimum Gasteiger partial charge on any atom is -0.352 e. The molecule has 140 valence electrons. The van der Waals surface area contributed by atoms with Gasteiger partial charge in [-0.3, -0.25) is 14.3 Å². The number of halogens is 1. The highest BCUT2D eigenvalue weighted by Gasteiger charge is 2.24. The van der Waals surface area contributed by atoms with E-state index < -0.39 is 0 Å². The number of hydrogen-bond donors (Lipinski definition) is 1. The summed E-state index contributed by atoms with van der Waals surface area (Å²) in [6.07, 6.45) is 1.66. The zero-order chi connectivity index (χ0) is 19.3. The van der Waals surface area contributed by atoms with Gasteiger partial charge in [-0.25, -0.2) is 0 Å². The van der Waals surface area contributed by atoms with Crippen LogP contribution in [0.1, 0.15) is 25.7 Å². The molecule has 2 atom stereocenters. The van der Waals surface area contributed by atoms with Crippen LogP contribution in [-0.4, -0.2) is 51.5 Å². The Bertz CT molecular complexity index is 759. The van der Waals surface area contributed by atoms with Crippen LogP contribution in [0.3, 0.4) is 0 Å². The number of rotatable bonds is 8. The van der Waals surface area contributed by atoms with Gasteiger partial charge < -0.3 is 5.32 Å². The summed E-state index contributed by atoms with van der Waals surface area (Å²) >= 11 is 7.39. The van der Waals surface area contributed by atoms with Crippen molar-refractivity contribution in [1.82, 2.24) is 25.0 Å². The molecule has 0 saturated carbocycles. The van der Waals surface area contributed by atoms with Crippen LogP contribution in [0.25, 0.3) is 5.69 Å². The number of carbonyl (C=O) groups excluding carboxylic acids is 1. The van der Waals surface area contributed by atoms with Crippen molar-refractivity contribution < 1.29 is 4.79 Å². The first kappa shape index (κ1) is 20.5. The molecule has 2 rings (SSSR count). The zero-order valence-electron chi connectivity index (χ0n) is 15.4. The summed E-state index contributed by atoms with van der Waals surface area (Å²) in [5, 5.41) is 12.5. The highest BCUT2D eigenvalue weighted by Crippen LogP contribution is 2.29. The van der Waals surface area contributed by atoms with Crippen molar-refractivity contribution in [3.63, 3.8) is 0 Å². The van der Waals surface area contributed by atoms with Gasteiger partial charge in [0.2, 0.25) is 5.91 Å². The number of hydrogen-bond acceptors (Lipinski definition) is 5. The molecule has 0 spiro atoms. The Morgan fingerprint density at radius 1 is 1.35 bits per heavy atom. The first-order chi connectivity index (χ1) is 12.3. The van der Waals surface area contributed by atoms with Crippen molar-refractivity contribution in [3.05, 3.63) is 47.8 Å². The summed E-state index contributed by atoms with van der Waals surface area (Å²) in [6.45, 7) is 7.96. The molecular formula is C18H24ClN5OS. The minimum atomic E-state index is -0.312. The summed E-state index contributed by atoms with van der Waals surface area (Å²) in [5.41, 5.74) is 0.907. The van der Waals surface area contributed by atoms with Crippen LogP contribution in [0.2, 0.25) is 5.02 Å². The van der Waals surface area contributed by atoms with Gasteiger partial charge in [0, 0.05) is 17.3 Å². The molecule has 0 aliphatic rings. The number of aromatic nitrogens is 3. The van der Waals surface area contributed by atoms with Crippen LogP contribution in [0.5, 0.6) is 0 Å². The van der Waals surface area contributed by atoms with Gasteiger partial charge in [-0.15, -0.1) is 16.8 Å². The molecule has 1 amide bonds. The van der Waals surface area contributed by atoms with Gasteiger partial charge in [0.15, 0.2) is 11.0 Å². The molecule has 0 aliphatic heterocycles. The van der Waals surface area contributed by atoms with Gasteiger partial charge in [0.25, 0.3) is 0 Å².